The number of aromatic nitrogens is 4. The predicted molar refractivity (Wildman–Crippen MR) is 133 cm³/mol. The third-order valence-corrected chi connectivity index (χ3v) is 7.55. The third-order valence-electron chi connectivity index (χ3n) is 6.15. The highest BCUT2D eigenvalue weighted by Crippen LogP contribution is 2.30. The zero-order chi connectivity index (χ0) is 26.0. The highest BCUT2D eigenvalue weighted by molar-refractivity contribution is 7.92. The first kappa shape index (κ1) is 24.6. The number of sulfonamides is 1. The molecule has 1 aliphatic rings. The average molecular weight is 524 g/mol. The lowest BCUT2D eigenvalue weighted by molar-refractivity contribution is 0.400. The summed E-state index contributed by atoms with van der Waals surface area (Å²) in [4.78, 5) is 8.16. The summed E-state index contributed by atoms with van der Waals surface area (Å²) in [6, 6.07) is 5.40. The van der Waals surface area contributed by atoms with Gasteiger partial charge in [-0.05, 0) is 37.1 Å². The first-order chi connectivity index (χ1) is 17.8. The number of ether oxygens (including phenoxy) is 1. The number of nitrogens with zero attached hydrogens (tertiary/aromatic N) is 4. The van der Waals surface area contributed by atoms with Gasteiger partial charge in [0.2, 0.25) is 5.88 Å². The Kier molecular flexibility index (Phi) is 6.76. The Bertz CT molecular complexity index is 1640. The van der Waals surface area contributed by atoms with Crippen molar-refractivity contribution < 1.29 is 21.9 Å². The van der Waals surface area contributed by atoms with Gasteiger partial charge in [0.1, 0.15) is 22.2 Å². The van der Waals surface area contributed by atoms with Gasteiger partial charge in [0.15, 0.2) is 5.65 Å². The molecule has 37 heavy (non-hydrogen) atoms. The number of anilines is 1. The molecule has 0 unspecified atom stereocenters. The number of hydrogen-bond donors (Lipinski definition) is 1. The van der Waals surface area contributed by atoms with Crippen molar-refractivity contribution >= 4 is 21.4 Å². The Balaban J connectivity index is 1.49. The Labute approximate surface area is 212 Å². The van der Waals surface area contributed by atoms with Crippen LogP contribution in [0.5, 0.6) is 5.88 Å². The second-order valence-corrected chi connectivity index (χ2v) is 10.4. The van der Waals surface area contributed by atoms with Crippen LogP contribution in [0.15, 0.2) is 53.8 Å². The second-order valence-electron chi connectivity index (χ2n) is 8.70. The van der Waals surface area contributed by atoms with E-state index in [0.717, 1.165) is 25.0 Å². The largest absolute Gasteiger partial charge is 0.480 e. The van der Waals surface area contributed by atoms with E-state index in [1.54, 1.807) is 23.0 Å². The number of rotatable bonds is 5. The SMILES string of the molecule is COc1ncc(-c2ccn3ncc(C#CC4CCCCC4)c3n2)cc1NS(=O)(=O)c1ccc(F)cc1F. The van der Waals surface area contributed by atoms with Gasteiger partial charge in [-0.15, -0.1) is 0 Å². The van der Waals surface area contributed by atoms with Crippen LogP contribution in [-0.2, 0) is 10.0 Å². The molecule has 4 aromatic rings. The lowest BCUT2D eigenvalue weighted by atomic mass is 9.90. The third kappa shape index (κ3) is 5.24. The van der Waals surface area contributed by atoms with Crippen LogP contribution >= 0.6 is 0 Å². The topological polar surface area (TPSA) is 98.5 Å². The van der Waals surface area contributed by atoms with Gasteiger partial charge >= 0.3 is 0 Å². The molecule has 0 amide bonds. The van der Waals surface area contributed by atoms with Crippen LogP contribution in [0.25, 0.3) is 16.9 Å². The Hall–Kier alpha value is -4.04. The number of nitrogens with one attached hydrogen (secondary N) is 1. The summed E-state index contributed by atoms with van der Waals surface area (Å²) in [5.74, 6) is 4.81. The predicted octanol–water partition coefficient (Wildman–Crippen LogP) is 4.81. The Morgan fingerprint density at radius 3 is 2.68 bits per heavy atom. The van der Waals surface area contributed by atoms with Crippen molar-refractivity contribution in [1.82, 2.24) is 19.6 Å². The molecule has 3 heterocycles. The van der Waals surface area contributed by atoms with Crippen LogP contribution in [0.4, 0.5) is 14.5 Å². The minimum absolute atomic E-state index is 0.0284. The lowest BCUT2D eigenvalue weighted by Crippen LogP contribution is -2.16. The normalized spacial score (nSPS) is 14.2. The molecule has 8 nitrogen and oxygen atoms in total. The maximum Gasteiger partial charge on any atom is 0.264 e. The number of fused-ring (bicyclic) bond motifs is 1. The first-order valence-corrected chi connectivity index (χ1v) is 13.2. The van der Waals surface area contributed by atoms with Crippen molar-refractivity contribution in [1.29, 1.82) is 0 Å². The Morgan fingerprint density at radius 1 is 1.11 bits per heavy atom. The molecular formula is C26H23F2N5O3S. The number of benzene rings is 1. The molecule has 11 heteroatoms. The minimum atomic E-state index is -4.41. The fourth-order valence-corrected chi connectivity index (χ4v) is 5.37. The van der Waals surface area contributed by atoms with Gasteiger partial charge in [-0.2, -0.15) is 5.10 Å². The van der Waals surface area contributed by atoms with Gasteiger partial charge in [-0.3, -0.25) is 4.72 Å². The molecule has 0 spiro atoms. The van der Waals surface area contributed by atoms with Crippen LogP contribution < -0.4 is 9.46 Å². The molecule has 1 aromatic carbocycles. The molecule has 0 saturated heterocycles. The van der Waals surface area contributed by atoms with E-state index in [1.807, 2.05) is 0 Å². The smallest absolute Gasteiger partial charge is 0.264 e. The monoisotopic (exact) mass is 523 g/mol. The van der Waals surface area contributed by atoms with E-state index < -0.39 is 26.6 Å². The summed E-state index contributed by atoms with van der Waals surface area (Å²) in [6.07, 6.45) is 10.7. The van der Waals surface area contributed by atoms with Gasteiger partial charge in [-0.1, -0.05) is 31.1 Å². The minimum Gasteiger partial charge on any atom is -0.480 e. The van der Waals surface area contributed by atoms with Crippen LogP contribution in [0.3, 0.4) is 0 Å². The molecule has 3 aromatic heterocycles. The van der Waals surface area contributed by atoms with Gasteiger partial charge in [0, 0.05) is 29.9 Å². The van der Waals surface area contributed by atoms with E-state index in [4.69, 9.17) is 4.74 Å². The van der Waals surface area contributed by atoms with E-state index in [9.17, 15) is 17.2 Å². The second kappa shape index (κ2) is 10.1. The molecule has 0 atom stereocenters. The molecular weight excluding hydrogens is 500 g/mol. The quantitative estimate of drug-likeness (QED) is 0.377. The van der Waals surface area contributed by atoms with Crippen molar-refractivity contribution in [2.45, 2.75) is 37.0 Å². The standard InChI is InChI=1S/C26H23F2N5O3S/c1-36-26-23(32-37(34,35)24-10-9-20(27)14-21(24)28)13-19(15-29-26)22-11-12-33-25(31-22)18(16-30-33)8-7-17-5-3-2-4-6-17/h9-17,32H,2-6H2,1H3. The molecule has 1 aliphatic carbocycles. The number of hydrogen-bond acceptors (Lipinski definition) is 6. The summed E-state index contributed by atoms with van der Waals surface area (Å²) in [5.41, 5.74) is 2.20. The van der Waals surface area contributed by atoms with E-state index in [-0.39, 0.29) is 11.6 Å². The molecule has 1 N–H and O–H groups in total. The van der Waals surface area contributed by atoms with Crippen molar-refractivity contribution in [2.24, 2.45) is 5.92 Å². The molecule has 1 fully saturated rings. The number of methoxy groups -OCH3 is 1. The summed E-state index contributed by atoms with van der Waals surface area (Å²) < 4.78 is 62.2. The van der Waals surface area contributed by atoms with Gasteiger partial charge in [-0.25, -0.2) is 31.7 Å². The van der Waals surface area contributed by atoms with Crippen molar-refractivity contribution in [3.8, 4) is 29.0 Å². The van der Waals surface area contributed by atoms with E-state index >= 15 is 0 Å². The van der Waals surface area contributed by atoms with Crippen LogP contribution in [0.1, 0.15) is 37.7 Å². The van der Waals surface area contributed by atoms with Crippen LogP contribution in [0, 0.1) is 29.4 Å². The molecule has 190 valence electrons. The molecule has 0 bridgehead atoms. The average Bonchev–Trinajstić information content (AvgIpc) is 3.30. The lowest BCUT2D eigenvalue weighted by Gasteiger charge is -2.15. The van der Waals surface area contributed by atoms with Gasteiger partial charge < -0.3 is 4.74 Å². The summed E-state index contributed by atoms with van der Waals surface area (Å²) in [6.45, 7) is 0. The number of halogens is 2. The fourth-order valence-electron chi connectivity index (χ4n) is 4.27. The van der Waals surface area contributed by atoms with Crippen molar-refractivity contribution in [2.75, 3.05) is 11.8 Å². The highest BCUT2D eigenvalue weighted by Gasteiger charge is 2.22. The molecule has 0 aliphatic heterocycles. The van der Waals surface area contributed by atoms with Gasteiger partial charge in [0.05, 0.1) is 24.6 Å². The zero-order valence-corrected chi connectivity index (χ0v) is 20.7. The molecule has 0 radical (unpaired) electrons. The molecule has 1 saturated carbocycles. The van der Waals surface area contributed by atoms with Crippen LogP contribution in [-0.4, -0.2) is 35.1 Å². The first-order valence-electron chi connectivity index (χ1n) is 11.7. The zero-order valence-electron chi connectivity index (χ0n) is 19.9. The van der Waals surface area contributed by atoms with E-state index in [1.165, 1.54) is 38.6 Å². The van der Waals surface area contributed by atoms with E-state index in [0.29, 0.717) is 34.5 Å². The maximum atomic E-state index is 14.2. The molecule has 5 rings (SSSR count). The van der Waals surface area contributed by atoms with Crippen molar-refractivity contribution in [3.63, 3.8) is 0 Å². The van der Waals surface area contributed by atoms with E-state index in [2.05, 4.69) is 31.6 Å². The Morgan fingerprint density at radius 2 is 1.92 bits per heavy atom. The van der Waals surface area contributed by atoms with Crippen LogP contribution in [0.2, 0.25) is 0 Å². The highest BCUT2D eigenvalue weighted by atomic mass is 32.2. The summed E-state index contributed by atoms with van der Waals surface area (Å²) in [5, 5.41) is 4.32. The maximum absolute atomic E-state index is 14.2. The number of pyridine rings is 1. The summed E-state index contributed by atoms with van der Waals surface area (Å²) in [7, 11) is -3.08. The summed E-state index contributed by atoms with van der Waals surface area (Å²) >= 11 is 0. The fraction of sp³-hybridized carbons (Fsp3) is 0.269. The van der Waals surface area contributed by atoms with Gasteiger partial charge in [0.25, 0.3) is 10.0 Å². The van der Waals surface area contributed by atoms with Crippen molar-refractivity contribution in [3.05, 3.63) is 66.1 Å².